The van der Waals surface area contributed by atoms with Gasteiger partial charge < -0.3 is 15.4 Å². The Kier molecular flexibility index (Phi) is 6.50. The summed E-state index contributed by atoms with van der Waals surface area (Å²) in [5.41, 5.74) is 2.91. The monoisotopic (exact) mass is 390 g/mol. The number of methoxy groups -OCH3 is 1. The predicted octanol–water partition coefficient (Wildman–Crippen LogP) is 4.81. The predicted molar refractivity (Wildman–Crippen MR) is 115 cm³/mol. The zero-order valence-corrected chi connectivity index (χ0v) is 16.9. The second-order valence-corrected chi connectivity index (χ2v) is 7.14. The minimum absolute atomic E-state index is 0.0686. The van der Waals surface area contributed by atoms with Crippen LogP contribution in [0.15, 0.2) is 66.7 Å². The van der Waals surface area contributed by atoms with Gasteiger partial charge in [0.15, 0.2) is 0 Å². The lowest BCUT2D eigenvalue weighted by atomic mass is 9.99. The van der Waals surface area contributed by atoms with Crippen molar-refractivity contribution in [2.45, 2.75) is 32.4 Å². The van der Waals surface area contributed by atoms with Crippen LogP contribution in [-0.2, 0) is 9.53 Å². The molecular weight excluding hydrogens is 364 g/mol. The lowest BCUT2D eigenvalue weighted by Crippen LogP contribution is -2.40. The van der Waals surface area contributed by atoms with Crippen molar-refractivity contribution in [3.63, 3.8) is 0 Å². The number of aryl methyl sites for hydroxylation is 1. The Morgan fingerprint density at radius 2 is 1.62 bits per heavy atom. The molecule has 0 fully saturated rings. The van der Waals surface area contributed by atoms with E-state index in [9.17, 15) is 9.59 Å². The summed E-state index contributed by atoms with van der Waals surface area (Å²) >= 11 is 0. The van der Waals surface area contributed by atoms with Crippen LogP contribution >= 0.6 is 0 Å². The molecule has 0 aromatic heterocycles. The maximum Gasteiger partial charge on any atom is 0.315 e. The molecule has 29 heavy (non-hydrogen) atoms. The summed E-state index contributed by atoms with van der Waals surface area (Å²) in [6.07, 6.45) is 0.0686. The molecule has 3 aromatic carbocycles. The first-order valence-electron chi connectivity index (χ1n) is 9.66. The van der Waals surface area contributed by atoms with Crippen molar-refractivity contribution in [1.82, 2.24) is 10.6 Å². The van der Waals surface area contributed by atoms with Crippen molar-refractivity contribution < 1.29 is 14.3 Å². The first kappa shape index (κ1) is 20.4. The van der Waals surface area contributed by atoms with Gasteiger partial charge in [-0.05, 0) is 47.4 Å². The Labute approximate surface area is 171 Å². The van der Waals surface area contributed by atoms with Gasteiger partial charge in [0.1, 0.15) is 0 Å². The Balaban J connectivity index is 1.73. The SMILES string of the molecule is COC(=O)CC(NC(=O)NC(C)c1ccc2ccccc2c1)c1ccccc1C. The summed E-state index contributed by atoms with van der Waals surface area (Å²) in [4.78, 5) is 24.5. The van der Waals surface area contributed by atoms with E-state index in [4.69, 9.17) is 4.74 Å². The highest BCUT2D eigenvalue weighted by atomic mass is 16.5. The number of hydrogen-bond donors (Lipinski definition) is 2. The largest absolute Gasteiger partial charge is 0.469 e. The third kappa shape index (κ3) is 5.13. The number of esters is 1. The number of carbonyl (C=O) groups is 2. The summed E-state index contributed by atoms with van der Waals surface area (Å²) in [5, 5.41) is 8.18. The Hall–Kier alpha value is -3.34. The molecule has 5 nitrogen and oxygen atoms in total. The number of hydrogen-bond acceptors (Lipinski definition) is 3. The van der Waals surface area contributed by atoms with Crippen LogP contribution in [0.5, 0.6) is 0 Å². The van der Waals surface area contributed by atoms with Crippen LogP contribution in [-0.4, -0.2) is 19.1 Å². The number of fused-ring (bicyclic) bond motifs is 1. The first-order valence-corrected chi connectivity index (χ1v) is 9.66. The van der Waals surface area contributed by atoms with Crippen LogP contribution in [0.2, 0.25) is 0 Å². The number of carbonyl (C=O) groups excluding carboxylic acids is 2. The highest BCUT2D eigenvalue weighted by Gasteiger charge is 2.21. The normalized spacial score (nSPS) is 12.8. The van der Waals surface area contributed by atoms with Crippen LogP contribution in [0.3, 0.4) is 0 Å². The van der Waals surface area contributed by atoms with Crippen molar-refractivity contribution in [3.05, 3.63) is 83.4 Å². The maximum atomic E-state index is 12.7. The average molecular weight is 390 g/mol. The maximum absolute atomic E-state index is 12.7. The summed E-state index contributed by atoms with van der Waals surface area (Å²) in [5.74, 6) is -0.374. The second-order valence-electron chi connectivity index (χ2n) is 7.14. The third-order valence-electron chi connectivity index (χ3n) is 5.09. The van der Waals surface area contributed by atoms with Crippen molar-refractivity contribution in [1.29, 1.82) is 0 Å². The van der Waals surface area contributed by atoms with E-state index >= 15 is 0 Å². The van der Waals surface area contributed by atoms with Crippen LogP contribution in [0.4, 0.5) is 4.79 Å². The minimum atomic E-state index is -0.465. The van der Waals surface area contributed by atoms with Gasteiger partial charge in [0.25, 0.3) is 0 Å². The summed E-state index contributed by atoms with van der Waals surface area (Å²) in [6, 6.07) is 21.0. The van der Waals surface area contributed by atoms with Gasteiger partial charge in [-0.2, -0.15) is 0 Å². The summed E-state index contributed by atoms with van der Waals surface area (Å²) in [6.45, 7) is 3.89. The Bertz CT molecular complexity index is 1020. The van der Waals surface area contributed by atoms with Crippen molar-refractivity contribution in [3.8, 4) is 0 Å². The molecule has 0 saturated heterocycles. The molecule has 0 saturated carbocycles. The molecule has 0 radical (unpaired) electrons. The fourth-order valence-electron chi connectivity index (χ4n) is 3.42. The molecule has 2 atom stereocenters. The number of urea groups is 1. The quantitative estimate of drug-likeness (QED) is 0.594. The summed E-state index contributed by atoms with van der Waals surface area (Å²) in [7, 11) is 1.35. The van der Waals surface area contributed by atoms with Gasteiger partial charge in [0.05, 0.1) is 25.6 Å². The Morgan fingerprint density at radius 1 is 0.931 bits per heavy atom. The molecule has 2 unspecified atom stereocenters. The molecule has 2 amide bonds. The molecular formula is C24H26N2O3. The number of benzene rings is 3. The van der Waals surface area contributed by atoms with Gasteiger partial charge >= 0.3 is 12.0 Å². The van der Waals surface area contributed by atoms with Gasteiger partial charge in [0, 0.05) is 0 Å². The van der Waals surface area contributed by atoms with E-state index in [0.29, 0.717) is 0 Å². The topological polar surface area (TPSA) is 67.4 Å². The van der Waals surface area contributed by atoms with E-state index in [1.807, 2.05) is 62.4 Å². The molecule has 0 aliphatic carbocycles. The van der Waals surface area contributed by atoms with Crippen LogP contribution < -0.4 is 10.6 Å². The van der Waals surface area contributed by atoms with E-state index < -0.39 is 6.04 Å². The molecule has 0 bridgehead atoms. The molecule has 0 aliphatic rings. The lowest BCUT2D eigenvalue weighted by molar-refractivity contribution is -0.141. The summed E-state index contributed by atoms with van der Waals surface area (Å²) < 4.78 is 4.80. The standard InChI is InChI=1S/C24H26N2O3/c1-16-8-4-7-11-21(16)22(15-23(27)29-3)26-24(28)25-17(2)19-13-12-18-9-5-6-10-20(18)14-19/h4-14,17,22H,15H2,1-3H3,(H2,25,26,28). The van der Waals surface area contributed by atoms with E-state index in [0.717, 1.165) is 27.5 Å². The number of nitrogens with one attached hydrogen (secondary N) is 2. The van der Waals surface area contributed by atoms with Crippen molar-refractivity contribution >= 4 is 22.8 Å². The van der Waals surface area contributed by atoms with E-state index in [-0.39, 0.29) is 24.5 Å². The minimum Gasteiger partial charge on any atom is -0.469 e. The van der Waals surface area contributed by atoms with Gasteiger partial charge in [0.2, 0.25) is 0 Å². The van der Waals surface area contributed by atoms with Crippen LogP contribution in [0, 0.1) is 6.92 Å². The zero-order valence-electron chi connectivity index (χ0n) is 16.9. The highest BCUT2D eigenvalue weighted by Crippen LogP contribution is 2.23. The van der Waals surface area contributed by atoms with Gasteiger partial charge in [-0.1, -0.05) is 60.7 Å². The lowest BCUT2D eigenvalue weighted by Gasteiger charge is -2.22. The first-order chi connectivity index (χ1) is 14.0. The van der Waals surface area contributed by atoms with Crippen molar-refractivity contribution in [2.75, 3.05) is 7.11 Å². The average Bonchev–Trinajstić information content (AvgIpc) is 2.73. The molecule has 2 N–H and O–H groups in total. The molecule has 150 valence electrons. The molecule has 3 aromatic rings. The molecule has 0 aliphatic heterocycles. The van der Waals surface area contributed by atoms with Gasteiger partial charge in [-0.3, -0.25) is 4.79 Å². The molecule has 0 spiro atoms. The number of rotatable bonds is 6. The second kappa shape index (κ2) is 9.24. The van der Waals surface area contributed by atoms with Gasteiger partial charge in [-0.25, -0.2) is 4.79 Å². The zero-order chi connectivity index (χ0) is 20.8. The smallest absolute Gasteiger partial charge is 0.315 e. The third-order valence-corrected chi connectivity index (χ3v) is 5.09. The van der Waals surface area contributed by atoms with Crippen molar-refractivity contribution in [2.24, 2.45) is 0 Å². The molecule has 3 rings (SSSR count). The van der Waals surface area contributed by atoms with E-state index in [2.05, 4.69) is 28.8 Å². The number of amides is 2. The Morgan fingerprint density at radius 3 is 2.34 bits per heavy atom. The van der Waals surface area contributed by atoms with Crippen LogP contribution in [0.25, 0.3) is 10.8 Å². The van der Waals surface area contributed by atoms with E-state index in [1.54, 1.807) is 0 Å². The highest BCUT2D eigenvalue weighted by molar-refractivity contribution is 5.83. The van der Waals surface area contributed by atoms with E-state index in [1.165, 1.54) is 7.11 Å². The molecule has 0 heterocycles. The number of ether oxygens (including phenoxy) is 1. The van der Waals surface area contributed by atoms with Crippen LogP contribution in [0.1, 0.15) is 42.1 Å². The fourth-order valence-corrected chi connectivity index (χ4v) is 3.42. The van der Waals surface area contributed by atoms with Gasteiger partial charge in [-0.15, -0.1) is 0 Å². The fraction of sp³-hybridized carbons (Fsp3) is 0.250. The molecule has 5 heteroatoms.